The first-order chi connectivity index (χ1) is 7.70. The fourth-order valence-electron chi connectivity index (χ4n) is 2.03. The van der Waals surface area contributed by atoms with Crippen LogP contribution >= 0.6 is 18.8 Å². The Bertz CT molecular complexity index is 138. The number of rotatable bonds is 0. The predicted octanol–water partition coefficient (Wildman–Crippen LogP) is 5.73. The molecule has 2 fully saturated rings. The molecule has 2 aliphatic rings. The van der Waals surface area contributed by atoms with Crippen molar-refractivity contribution in [1.82, 2.24) is 0 Å². The molecule has 0 aromatic heterocycles. The van der Waals surface area contributed by atoms with Gasteiger partial charge in [0.2, 0.25) is 0 Å². The van der Waals surface area contributed by atoms with Gasteiger partial charge in [0.05, 0.1) is 0 Å². The molecule has 0 spiro atoms. The summed E-state index contributed by atoms with van der Waals surface area (Å²) in [5.74, 6) is 0. The van der Waals surface area contributed by atoms with Crippen LogP contribution in [-0.2, 0) is 16.5 Å². The third-order valence-corrected chi connectivity index (χ3v) is 2.96. The van der Waals surface area contributed by atoms with Crippen molar-refractivity contribution < 1.29 is 16.5 Å². The fraction of sp³-hybridized carbons (Fsp3) is 1.00. The van der Waals surface area contributed by atoms with E-state index in [-0.39, 0.29) is 6.04 Å². The average Bonchev–Trinajstić information content (AvgIpc) is 2.72. The van der Waals surface area contributed by atoms with E-state index >= 15 is 0 Å². The van der Waals surface area contributed by atoms with E-state index in [1.807, 2.05) is 0 Å². The summed E-state index contributed by atoms with van der Waals surface area (Å²) >= 11 is -0.472. The summed E-state index contributed by atoms with van der Waals surface area (Å²) < 4.78 is 0. The Morgan fingerprint density at radius 1 is 0.688 bits per heavy atom. The van der Waals surface area contributed by atoms with Gasteiger partial charge in [-0.3, -0.25) is 0 Å². The molecule has 2 rings (SSSR count). The van der Waals surface area contributed by atoms with Crippen LogP contribution in [0, 0.1) is 0 Å². The van der Waals surface area contributed by atoms with E-state index in [1.54, 1.807) is 0 Å². The Morgan fingerprint density at radius 2 is 0.938 bits per heavy atom. The average molecular weight is 448 g/mol. The molecule has 0 amide bonds. The number of hydrogen-bond acceptors (Lipinski definition) is 0. The van der Waals surface area contributed by atoms with Crippen molar-refractivity contribution in [1.29, 1.82) is 0 Å². The summed E-state index contributed by atoms with van der Waals surface area (Å²) in [6.07, 6.45) is 11.2. The van der Waals surface area contributed by atoms with Crippen molar-refractivity contribution in [3.05, 3.63) is 11.5 Å². The quantitative estimate of drug-likeness (QED) is 0.455. The Morgan fingerprint density at radius 3 is 1.06 bits per heavy atom. The van der Waals surface area contributed by atoms with Crippen LogP contribution in [0.3, 0.4) is 0 Å². The molecule has 0 aromatic carbocycles. The Hall–Kier alpha value is 1.19. The molecule has 0 saturated heterocycles. The number of halogens is 2. The van der Waals surface area contributed by atoms with Crippen LogP contribution in [0.2, 0.25) is 0 Å². The van der Waals surface area contributed by atoms with Gasteiger partial charge in [0.15, 0.2) is 0 Å². The largest absolute Gasteiger partial charge is 0.675 e. The molecule has 2 nitrogen and oxygen atoms in total. The van der Waals surface area contributed by atoms with Crippen molar-refractivity contribution >= 4 is 18.8 Å². The molecule has 5 heteroatoms. The van der Waals surface area contributed by atoms with Gasteiger partial charge >= 0.3 is 35.3 Å². The van der Waals surface area contributed by atoms with Crippen LogP contribution in [0.4, 0.5) is 0 Å². The topological polar surface area (TPSA) is 47.6 Å². The Balaban J connectivity index is 0.000000230. The Kier molecular flexibility index (Phi) is 13.6. The van der Waals surface area contributed by atoms with Crippen LogP contribution in [0.25, 0.3) is 11.5 Å². The minimum atomic E-state index is -0.472. The molecule has 2 saturated carbocycles. The van der Waals surface area contributed by atoms with Gasteiger partial charge in [-0.15, -0.1) is 12.1 Å². The molecule has 0 radical (unpaired) electrons. The SMILES string of the molecule is [Cl][Pt+2][Cl].[NH-]C1CCCC1.[NH-]C1CCCCC1. The molecule has 0 heterocycles. The van der Waals surface area contributed by atoms with Crippen LogP contribution < -0.4 is 0 Å². The van der Waals surface area contributed by atoms with E-state index in [0.717, 1.165) is 25.7 Å². The van der Waals surface area contributed by atoms with Gasteiger partial charge in [-0.2, -0.15) is 0 Å². The minimum Gasteiger partial charge on any atom is -0.675 e. The van der Waals surface area contributed by atoms with E-state index in [9.17, 15) is 0 Å². The van der Waals surface area contributed by atoms with E-state index in [1.165, 1.54) is 32.1 Å². The van der Waals surface area contributed by atoms with E-state index in [4.69, 9.17) is 30.3 Å². The minimum absolute atomic E-state index is 0.286. The van der Waals surface area contributed by atoms with Crippen molar-refractivity contribution in [3.63, 3.8) is 0 Å². The summed E-state index contributed by atoms with van der Waals surface area (Å²) in [6.45, 7) is 0. The molecule has 0 atom stereocenters. The van der Waals surface area contributed by atoms with Crippen LogP contribution in [-0.4, -0.2) is 12.1 Å². The molecule has 100 valence electrons. The summed E-state index contributed by atoms with van der Waals surface area (Å²) in [7, 11) is 9.75. The standard InChI is InChI=1S/C6H12N.C5H10N.2ClH.Pt/c7-6-4-2-1-3-5-6;6-5-3-1-2-4-5;;;/h6-7H,1-5H2;5-6H,1-4H2;2*1H;/q2*-1;;;+4/p-2. The van der Waals surface area contributed by atoms with Gasteiger partial charge in [-0.1, -0.05) is 57.8 Å². The molecule has 2 aliphatic carbocycles. The van der Waals surface area contributed by atoms with Crippen molar-refractivity contribution in [2.45, 2.75) is 69.9 Å². The maximum absolute atomic E-state index is 7.27. The van der Waals surface area contributed by atoms with Crippen molar-refractivity contribution in [2.24, 2.45) is 0 Å². The van der Waals surface area contributed by atoms with E-state index in [2.05, 4.69) is 0 Å². The van der Waals surface area contributed by atoms with E-state index in [0.29, 0.717) is 6.04 Å². The monoisotopic (exact) mass is 447 g/mol. The molecule has 16 heavy (non-hydrogen) atoms. The van der Waals surface area contributed by atoms with Crippen molar-refractivity contribution in [3.8, 4) is 0 Å². The zero-order chi connectivity index (χ0) is 12.2. The predicted molar refractivity (Wildman–Crippen MR) is 69.5 cm³/mol. The van der Waals surface area contributed by atoms with Crippen LogP contribution in [0.15, 0.2) is 0 Å². The van der Waals surface area contributed by atoms with Gasteiger partial charge in [0, 0.05) is 0 Å². The fourth-order valence-corrected chi connectivity index (χ4v) is 2.03. The van der Waals surface area contributed by atoms with Gasteiger partial charge in [0.25, 0.3) is 0 Å². The zero-order valence-electron chi connectivity index (χ0n) is 9.59. The summed E-state index contributed by atoms with van der Waals surface area (Å²) in [4.78, 5) is 0. The van der Waals surface area contributed by atoms with Crippen molar-refractivity contribution in [2.75, 3.05) is 0 Å². The third-order valence-electron chi connectivity index (χ3n) is 2.96. The molecular formula is C11H22Cl2N2Pt. The first-order valence-electron chi connectivity index (χ1n) is 5.95. The van der Waals surface area contributed by atoms with Crippen LogP contribution in [0.5, 0.6) is 0 Å². The van der Waals surface area contributed by atoms with Gasteiger partial charge in [-0.25, -0.2) is 0 Å². The molecule has 2 N–H and O–H groups in total. The Labute approximate surface area is 116 Å². The molecule has 0 aliphatic heterocycles. The second-order valence-corrected chi connectivity index (χ2v) is 7.64. The third kappa shape index (κ3) is 11.7. The van der Waals surface area contributed by atoms with Gasteiger partial charge < -0.3 is 11.5 Å². The molecule has 0 bridgehead atoms. The van der Waals surface area contributed by atoms with Gasteiger partial charge in [0.1, 0.15) is 0 Å². The number of nitrogens with one attached hydrogen (secondary N) is 2. The second-order valence-electron chi connectivity index (χ2n) is 4.36. The summed E-state index contributed by atoms with van der Waals surface area (Å²) in [5, 5.41) is 0. The zero-order valence-corrected chi connectivity index (χ0v) is 13.4. The maximum Gasteiger partial charge on any atom is -0.0534 e. The number of hydrogen-bond donors (Lipinski definition) is 0. The second kappa shape index (κ2) is 12.6. The molecule has 0 aromatic rings. The molecule has 0 unspecified atom stereocenters. The van der Waals surface area contributed by atoms with E-state index < -0.39 is 16.5 Å². The summed E-state index contributed by atoms with van der Waals surface area (Å²) in [5.41, 5.74) is 14.4. The smallest absolute Gasteiger partial charge is 0.0534 e. The molecular weight excluding hydrogens is 426 g/mol. The maximum atomic E-state index is 7.27. The first kappa shape index (κ1) is 17.2. The normalized spacial score (nSPS) is 22.0. The van der Waals surface area contributed by atoms with Crippen LogP contribution in [0.1, 0.15) is 57.8 Å². The summed E-state index contributed by atoms with van der Waals surface area (Å²) in [6, 6.07) is 0.582. The first-order valence-corrected chi connectivity index (χ1v) is 11.6. The van der Waals surface area contributed by atoms with Gasteiger partial charge in [-0.05, 0) is 0 Å².